The lowest BCUT2D eigenvalue weighted by Crippen LogP contribution is -2.14. The molecule has 0 atom stereocenters. The van der Waals surface area contributed by atoms with E-state index in [9.17, 15) is 0 Å². The normalized spacial score (nSPS) is 11.1. The number of rotatable bonds is 6. The second kappa shape index (κ2) is 7.24. The minimum atomic E-state index is 1.08. The van der Waals surface area contributed by atoms with E-state index in [2.05, 4.69) is 55.6 Å². The molecule has 0 radical (unpaired) electrons. The zero-order valence-corrected chi connectivity index (χ0v) is 9.79. The second-order valence-corrected chi connectivity index (χ2v) is 3.85. The van der Waals surface area contributed by atoms with Gasteiger partial charge >= 0.3 is 0 Å². The highest BCUT2D eigenvalue weighted by atomic mass is 14.8. The van der Waals surface area contributed by atoms with E-state index < -0.39 is 0 Å². The number of benzene rings is 1. The average molecular weight is 203 g/mol. The highest BCUT2D eigenvalue weighted by Crippen LogP contribution is 2.05. The first-order valence-corrected chi connectivity index (χ1v) is 5.77. The SMILES string of the molecule is CCCNCCC=Cc1ccc(C)cc1. The highest BCUT2D eigenvalue weighted by Gasteiger charge is 1.86. The van der Waals surface area contributed by atoms with Crippen molar-refractivity contribution >= 4 is 6.08 Å². The van der Waals surface area contributed by atoms with Crippen LogP contribution in [-0.4, -0.2) is 13.1 Å². The molecule has 1 aromatic carbocycles. The third kappa shape index (κ3) is 5.38. The predicted octanol–water partition coefficient (Wildman–Crippen LogP) is 3.40. The summed E-state index contributed by atoms with van der Waals surface area (Å²) < 4.78 is 0. The molecular weight excluding hydrogens is 182 g/mol. The van der Waals surface area contributed by atoms with E-state index in [0.717, 1.165) is 19.5 Å². The minimum Gasteiger partial charge on any atom is -0.316 e. The van der Waals surface area contributed by atoms with Crippen molar-refractivity contribution in [1.29, 1.82) is 0 Å². The molecule has 0 heterocycles. The quantitative estimate of drug-likeness (QED) is 0.699. The van der Waals surface area contributed by atoms with Crippen LogP contribution in [0.1, 0.15) is 30.9 Å². The van der Waals surface area contributed by atoms with Crippen LogP contribution in [-0.2, 0) is 0 Å². The Morgan fingerprint density at radius 3 is 2.53 bits per heavy atom. The van der Waals surface area contributed by atoms with Crippen molar-refractivity contribution in [1.82, 2.24) is 5.32 Å². The highest BCUT2D eigenvalue weighted by molar-refractivity contribution is 5.49. The van der Waals surface area contributed by atoms with Crippen molar-refractivity contribution in [3.05, 3.63) is 41.5 Å². The fraction of sp³-hybridized carbons (Fsp3) is 0.429. The van der Waals surface area contributed by atoms with Gasteiger partial charge in [-0.15, -0.1) is 0 Å². The third-order valence-corrected chi connectivity index (χ3v) is 2.30. The summed E-state index contributed by atoms with van der Waals surface area (Å²) in [6.45, 7) is 6.51. The Labute approximate surface area is 93.2 Å². The van der Waals surface area contributed by atoms with E-state index in [1.165, 1.54) is 17.5 Å². The summed E-state index contributed by atoms with van der Waals surface area (Å²) in [4.78, 5) is 0. The fourth-order valence-corrected chi connectivity index (χ4v) is 1.38. The summed E-state index contributed by atoms with van der Waals surface area (Å²) >= 11 is 0. The lowest BCUT2D eigenvalue weighted by Gasteiger charge is -1.98. The first-order valence-electron chi connectivity index (χ1n) is 5.77. The lowest BCUT2D eigenvalue weighted by molar-refractivity contribution is 0.679. The van der Waals surface area contributed by atoms with Crippen LogP contribution in [0.5, 0.6) is 0 Å². The van der Waals surface area contributed by atoms with E-state index >= 15 is 0 Å². The molecule has 0 aromatic heterocycles. The maximum atomic E-state index is 3.38. The molecular formula is C14H21N. The standard InChI is InChI=1S/C14H21N/c1-3-11-15-12-5-4-6-14-9-7-13(2)8-10-14/h4,6-10,15H,3,5,11-12H2,1-2H3. The Bertz CT molecular complexity index is 285. The molecule has 1 aromatic rings. The van der Waals surface area contributed by atoms with Gasteiger partial charge in [-0.05, 0) is 38.4 Å². The van der Waals surface area contributed by atoms with Crippen molar-refractivity contribution in [2.24, 2.45) is 0 Å². The van der Waals surface area contributed by atoms with Gasteiger partial charge in [-0.25, -0.2) is 0 Å². The smallest absolute Gasteiger partial charge is 0.00142 e. The molecule has 0 aliphatic carbocycles. The van der Waals surface area contributed by atoms with Crippen molar-refractivity contribution in [3.8, 4) is 0 Å². The molecule has 1 rings (SSSR count). The first kappa shape index (κ1) is 12.0. The predicted molar refractivity (Wildman–Crippen MR) is 68.0 cm³/mol. The van der Waals surface area contributed by atoms with E-state index in [4.69, 9.17) is 0 Å². The Hall–Kier alpha value is -1.08. The summed E-state index contributed by atoms with van der Waals surface area (Å²) in [5, 5.41) is 3.38. The Balaban J connectivity index is 2.23. The summed E-state index contributed by atoms with van der Waals surface area (Å²) in [5.41, 5.74) is 2.60. The minimum absolute atomic E-state index is 1.08. The van der Waals surface area contributed by atoms with E-state index in [1.807, 2.05) is 0 Å². The topological polar surface area (TPSA) is 12.0 Å². The monoisotopic (exact) mass is 203 g/mol. The van der Waals surface area contributed by atoms with Crippen LogP contribution < -0.4 is 5.32 Å². The summed E-state index contributed by atoms with van der Waals surface area (Å²) in [5.74, 6) is 0. The van der Waals surface area contributed by atoms with Gasteiger partial charge in [0.05, 0.1) is 0 Å². The van der Waals surface area contributed by atoms with Crippen molar-refractivity contribution < 1.29 is 0 Å². The van der Waals surface area contributed by atoms with Gasteiger partial charge in [-0.3, -0.25) is 0 Å². The molecule has 0 saturated heterocycles. The molecule has 0 fully saturated rings. The van der Waals surface area contributed by atoms with Gasteiger partial charge in [-0.1, -0.05) is 48.9 Å². The van der Waals surface area contributed by atoms with Crippen LogP contribution in [0.4, 0.5) is 0 Å². The van der Waals surface area contributed by atoms with E-state index in [0.29, 0.717) is 0 Å². The summed E-state index contributed by atoms with van der Waals surface area (Å²) in [7, 11) is 0. The van der Waals surface area contributed by atoms with Gasteiger partial charge in [0.15, 0.2) is 0 Å². The zero-order chi connectivity index (χ0) is 10.9. The van der Waals surface area contributed by atoms with Crippen molar-refractivity contribution in [3.63, 3.8) is 0 Å². The van der Waals surface area contributed by atoms with Crippen molar-refractivity contribution in [2.75, 3.05) is 13.1 Å². The van der Waals surface area contributed by atoms with E-state index in [-0.39, 0.29) is 0 Å². The van der Waals surface area contributed by atoms with Crippen LogP contribution >= 0.6 is 0 Å². The van der Waals surface area contributed by atoms with Gasteiger partial charge < -0.3 is 5.32 Å². The van der Waals surface area contributed by atoms with Gasteiger partial charge in [0.1, 0.15) is 0 Å². The summed E-state index contributed by atoms with van der Waals surface area (Å²) in [6, 6.07) is 8.61. The Morgan fingerprint density at radius 2 is 1.87 bits per heavy atom. The molecule has 1 heteroatoms. The van der Waals surface area contributed by atoms with Gasteiger partial charge in [0.2, 0.25) is 0 Å². The maximum Gasteiger partial charge on any atom is -0.00142 e. The van der Waals surface area contributed by atoms with Gasteiger partial charge in [-0.2, -0.15) is 0 Å². The third-order valence-electron chi connectivity index (χ3n) is 2.30. The molecule has 1 nitrogen and oxygen atoms in total. The molecule has 15 heavy (non-hydrogen) atoms. The molecule has 82 valence electrons. The lowest BCUT2D eigenvalue weighted by atomic mass is 10.1. The molecule has 0 aliphatic rings. The largest absolute Gasteiger partial charge is 0.316 e. The number of hydrogen-bond donors (Lipinski definition) is 1. The molecule has 1 N–H and O–H groups in total. The summed E-state index contributed by atoms with van der Waals surface area (Å²) in [6.07, 6.45) is 6.73. The molecule has 0 saturated carbocycles. The fourth-order valence-electron chi connectivity index (χ4n) is 1.38. The number of nitrogens with one attached hydrogen (secondary N) is 1. The zero-order valence-electron chi connectivity index (χ0n) is 9.79. The van der Waals surface area contributed by atoms with Crippen LogP contribution in [0.2, 0.25) is 0 Å². The average Bonchev–Trinajstić information content (AvgIpc) is 2.26. The van der Waals surface area contributed by atoms with Gasteiger partial charge in [0, 0.05) is 0 Å². The Kier molecular flexibility index (Phi) is 5.79. The molecule has 0 aliphatic heterocycles. The van der Waals surface area contributed by atoms with Crippen LogP contribution in [0.3, 0.4) is 0 Å². The van der Waals surface area contributed by atoms with Crippen LogP contribution in [0.15, 0.2) is 30.3 Å². The molecule has 0 bridgehead atoms. The molecule has 0 spiro atoms. The van der Waals surface area contributed by atoms with Gasteiger partial charge in [0.25, 0.3) is 0 Å². The van der Waals surface area contributed by atoms with Crippen LogP contribution in [0, 0.1) is 6.92 Å². The number of aryl methyl sites for hydroxylation is 1. The maximum absolute atomic E-state index is 3.38. The number of hydrogen-bond acceptors (Lipinski definition) is 1. The van der Waals surface area contributed by atoms with Crippen LogP contribution in [0.25, 0.3) is 6.08 Å². The molecule has 0 unspecified atom stereocenters. The van der Waals surface area contributed by atoms with E-state index in [1.54, 1.807) is 0 Å². The second-order valence-electron chi connectivity index (χ2n) is 3.85. The Morgan fingerprint density at radius 1 is 1.13 bits per heavy atom. The first-order chi connectivity index (χ1) is 7.33. The van der Waals surface area contributed by atoms with Crippen molar-refractivity contribution in [2.45, 2.75) is 26.7 Å². The molecule has 0 amide bonds.